The Morgan fingerprint density at radius 3 is 2.16 bits per heavy atom. The maximum Gasteiger partial charge on any atom is 0.261 e. The van der Waals surface area contributed by atoms with Crippen molar-refractivity contribution in [2.75, 3.05) is 14.2 Å². The summed E-state index contributed by atoms with van der Waals surface area (Å²) in [4.78, 5) is 15.0. The first-order valence-corrected chi connectivity index (χ1v) is 10.7. The Balaban J connectivity index is 0.000000837. The van der Waals surface area contributed by atoms with Crippen molar-refractivity contribution in [3.05, 3.63) is 95.2 Å². The van der Waals surface area contributed by atoms with Crippen molar-refractivity contribution in [2.45, 2.75) is 34.2 Å². The summed E-state index contributed by atoms with van der Waals surface area (Å²) in [5.74, 6) is 0.299. The molecule has 0 saturated heterocycles. The number of allylic oxidation sites excluding steroid dienone is 3. The van der Waals surface area contributed by atoms with E-state index in [1.54, 1.807) is 23.7 Å². The van der Waals surface area contributed by atoms with Gasteiger partial charge in [0, 0.05) is 13.6 Å². The number of rotatable bonds is 6. The van der Waals surface area contributed by atoms with E-state index in [2.05, 4.69) is 5.10 Å². The predicted octanol–water partition coefficient (Wildman–Crippen LogP) is 6.08. The topological polar surface area (TPSA) is 47.4 Å². The number of hydrogen-bond donors (Lipinski definition) is 0. The molecule has 3 aromatic rings. The SMILES string of the molecule is C/C=C/c1nn(-c2ccccc2)c(OC)c1C(=O)N(C)Cc1ccc(C)cc1.C/C=C\C. The molecule has 0 atom stereocenters. The van der Waals surface area contributed by atoms with Crippen molar-refractivity contribution in [2.24, 2.45) is 0 Å². The monoisotopic (exact) mass is 431 g/mol. The molecule has 1 aromatic heterocycles. The molecule has 168 valence electrons. The molecular weight excluding hydrogens is 398 g/mol. The van der Waals surface area contributed by atoms with Crippen molar-refractivity contribution in [3.8, 4) is 11.6 Å². The number of para-hydroxylation sites is 1. The van der Waals surface area contributed by atoms with Crippen LogP contribution in [0.4, 0.5) is 0 Å². The Bertz CT molecular complexity index is 1040. The van der Waals surface area contributed by atoms with E-state index in [4.69, 9.17) is 4.74 Å². The van der Waals surface area contributed by atoms with Gasteiger partial charge in [-0.3, -0.25) is 4.79 Å². The average Bonchev–Trinajstić information content (AvgIpc) is 3.19. The minimum atomic E-state index is -0.132. The van der Waals surface area contributed by atoms with Gasteiger partial charge < -0.3 is 9.64 Å². The van der Waals surface area contributed by atoms with Crippen molar-refractivity contribution < 1.29 is 9.53 Å². The number of ether oxygens (including phenoxy) is 1. The molecule has 5 heteroatoms. The van der Waals surface area contributed by atoms with Crippen LogP contribution in [-0.2, 0) is 6.54 Å². The first-order chi connectivity index (χ1) is 15.5. The smallest absolute Gasteiger partial charge is 0.261 e. The third kappa shape index (κ3) is 6.20. The molecular formula is C27H33N3O2. The van der Waals surface area contributed by atoms with Gasteiger partial charge in [0.05, 0.1) is 12.8 Å². The zero-order valence-electron chi connectivity index (χ0n) is 19.9. The number of benzene rings is 2. The number of hydrogen-bond acceptors (Lipinski definition) is 3. The number of nitrogens with zero attached hydrogens (tertiary/aromatic N) is 3. The van der Waals surface area contributed by atoms with Gasteiger partial charge in [0.15, 0.2) is 0 Å². The Morgan fingerprint density at radius 1 is 1.00 bits per heavy atom. The highest BCUT2D eigenvalue weighted by Crippen LogP contribution is 2.28. The van der Waals surface area contributed by atoms with Crippen molar-refractivity contribution in [1.82, 2.24) is 14.7 Å². The predicted molar refractivity (Wildman–Crippen MR) is 132 cm³/mol. The lowest BCUT2D eigenvalue weighted by atomic mass is 10.1. The molecule has 0 aliphatic carbocycles. The second kappa shape index (κ2) is 12.3. The van der Waals surface area contributed by atoms with Gasteiger partial charge in [0.25, 0.3) is 5.91 Å². The van der Waals surface area contributed by atoms with E-state index in [1.165, 1.54) is 5.56 Å². The molecule has 0 fully saturated rings. The van der Waals surface area contributed by atoms with Crippen LogP contribution in [0.15, 0.2) is 72.8 Å². The van der Waals surface area contributed by atoms with E-state index in [9.17, 15) is 4.79 Å². The van der Waals surface area contributed by atoms with Gasteiger partial charge >= 0.3 is 0 Å². The lowest BCUT2D eigenvalue weighted by molar-refractivity contribution is 0.0781. The maximum atomic E-state index is 13.3. The highest BCUT2D eigenvalue weighted by Gasteiger charge is 2.26. The zero-order valence-corrected chi connectivity index (χ0v) is 19.9. The van der Waals surface area contributed by atoms with Crippen LogP contribution in [0.3, 0.4) is 0 Å². The van der Waals surface area contributed by atoms with Gasteiger partial charge in [0.2, 0.25) is 5.88 Å². The van der Waals surface area contributed by atoms with E-state index < -0.39 is 0 Å². The van der Waals surface area contributed by atoms with Crippen LogP contribution in [0.5, 0.6) is 5.88 Å². The average molecular weight is 432 g/mol. The summed E-state index contributed by atoms with van der Waals surface area (Å²) in [5.41, 5.74) is 4.15. The van der Waals surface area contributed by atoms with Gasteiger partial charge in [-0.2, -0.15) is 9.78 Å². The Hall–Kier alpha value is -3.60. The summed E-state index contributed by atoms with van der Waals surface area (Å²) >= 11 is 0. The quantitative estimate of drug-likeness (QED) is 0.445. The Morgan fingerprint density at radius 2 is 1.62 bits per heavy atom. The van der Waals surface area contributed by atoms with Crippen LogP contribution < -0.4 is 4.74 Å². The molecule has 32 heavy (non-hydrogen) atoms. The largest absolute Gasteiger partial charge is 0.480 e. The van der Waals surface area contributed by atoms with Gasteiger partial charge in [-0.05, 0) is 51.5 Å². The molecule has 0 aliphatic rings. The van der Waals surface area contributed by atoms with Crippen LogP contribution in [-0.4, -0.2) is 34.7 Å². The number of carbonyl (C=O) groups is 1. The van der Waals surface area contributed by atoms with Crippen molar-refractivity contribution in [3.63, 3.8) is 0 Å². The van der Waals surface area contributed by atoms with E-state index in [1.807, 2.05) is 107 Å². The fourth-order valence-electron chi connectivity index (χ4n) is 3.06. The Labute approximate surface area is 191 Å². The molecule has 0 spiro atoms. The van der Waals surface area contributed by atoms with Crippen LogP contribution in [0.25, 0.3) is 11.8 Å². The van der Waals surface area contributed by atoms with Crippen LogP contribution in [0.1, 0.15) is 48.0 Å². The van der Waals surface area contributed by atoms with Gasteiger partial charge in [-0.15, -0.1) is 0 Å². The summed E-state index contributed by atoms with van der Waals surface area (Å²) in [5, 5.41) is 4.62. The Kier molecular flexibility index (Phi) is 9.48. The molecule has 1 heterocycles. The minimum absolute atomic E-state index is 0.132. The van der Waals surface area contributed by atoms with E-state index in [-0.39, 0.29) is 5.91 Å². The van der Waals surface area contributed by atoms with Gasteiger partial charge in [0.1, 0.15) is 11.3 Å². The van der Waals surface area contributed by atoms with E-state index in [0.29, 0.717) is 23.7 Å². The van der Waals surface area contributed by atoms with E-state index in [0.717, 1.165) is 11.3 Å². The normalized spacial score (nSPS) is 10.8. The molecule has 0 radical (unpaired) electrons. The fraction of sp³-hybridized carbons (Fsp3) is 0.259. The third-order valence-corrected chi connectivity index (χ3v) is 4.82. The standard InChI is InChI=1S/C23H25N3O2.C4H8/c1-5-9-20-21(22(27)25(3)16-18-14-12-17(2)13-15-18)23(28-4)26(24-20)19-10-7-6-8-11-19;1-3-4-2/h5-15H,16H2,1-4H3;3-4H,1-2H3/b9-5+;4-3-. The molecule has 3 rings (SSSR count). The second-order valence-corrected chi connectivity index (χ2v) is 7.33. The molecule has 0 unspecified atom stereocenters. The summed E-state index contributed by atoms with van der Waals surface area (Å²) in [6.07, 6.45) is 7.70. The lowest BCUT2D eigenvalue weighted by Gasteiger charge is -2.18. The highest BCUT2D eigenvalue weighted by molar-refractivity contribution is 5.99. The molecule has 0 bridgehead atoms. The van der Waals surface area contributed by atoms with Crippen LogP contribution in [0, 0.1) is 6.92 Å². The van der Waals surface area contributed by atoms with Crippen LogP contribution in [0.2, 0.25) is 0 Å². The number of methoxy groups -OCH3 is 1. The molecule has 2 aromatic carbocycles. The zero-order chi connectivity index (χ0) is 23.5. The van der Waals surface area contributed by atoms with Crippen molar-refractivity contribution >= 4 is 12.0 Å². The summed E-state index contributed by atoms with van der Waals surface area (Å²) in [7, 11) is 3.35. The third-order valence-electron chi connectivity index (χ3n) is 4.82. The number of amides is 1. The first-order valence-electron chi connectivity index (χ1n) is 10.7. The van der Waals surface area contributed by atoms with E-state index >= 15 is 0 Å². The lowest BCUT2D eigenvalue weighted by Crippen LogP contribution is -2.27. The molecule has 5 nitrogen and oxygen atoms in total. The maximum absolute atomic E-state index is 13.3. The summed E-state index contributed by atoms with van der Waals surface area (Å²) in [6.45, 7) is 8.46. The molecule has 0 saturated carbocycles. The van der Waals surface area contributed by atoms with Crippen LogP contribution >= 0.6 is 0 Å². The van der Waals surface area contributed by atoms with Gasteiger partial charge in [-0.1, -0.05) is 66.3 Å². The summed E-state index contributed by atoms with van der Waals surface area (Å²) < 4.78 is 7.28. The summed E-state index contributed by atoms with van der Waals surface area (Å²) in [6, 6.07) is 17.8. The number of aromatic nitrogens is 2. The number of carbonyl (C=O) groups excluding carboxylic acids is 1. The highest BCUT2D eigenvalue weighted by atomic mass is 16.5. The fourth-order valence-corrected chi connectivity index (χ4v) is 3.06. The number of aryl methyl sites for hydroxylation is 1. The molecule has 1 amide bonds. The van der Waals surface area contributed by atoms with Crippen molar-refractivity contribution in [1.29, 1.82) is 0 Å². The second-order valence-electron chi connectivity index (χ2n) is 7.33. The molecule has 0 aliphatic heterocycles. The van der Waals surface area contributed by atoms with Gasteiger partial charge in [-0.25, -0.2) is 0 Å². The first kappa shape index (κ1) is 24.7. The molecule has 0 N–H and O–H groups in total. The minimum Gasteiger partial charge on any atom is -0.480 e.